The largest absolute Gasteiger partial charge is 0.481 e. The van der Waals surface area contributed by atoms with E-state index < -0.39 is 12.0 Å². The van der Waals surface area contributed by atoms with Crippen LogP contribution in [0.25, 0.3) is 22.6 Å². The number of hydrogen-bond acceptors (Lipinski definition) is 4. The van der Waals surface area contributed by atoms with Crippen LogP contribution in [0.2, 0.25) is 0 Å². The maximum atomic E-state index is 13.2. The molecule has 2 heterocycles. The van der Waals surface area contributed by atoms with Crippen LogP contribution in [0.15, 0.2) is 102 Å². The van der Waals surface area contributed by atoms with Crippen molar-refractivity contribution in [1.82, 2.24) is 20.2 Å². The van der Waals surface area contributed by atoms with Gasteiger partial charge in [0, 0.05) is 28.2 Å². The van der Waals surface area contributed by atoms with Gasteiger partial charge < -0.3 is 5.11 Å². The molecule has 0 aliphatic carbocycles. The van der Waals surface area contributed by atoms with E-state index in [1.165, 1.54) is 5.01 Å². The first kappa shape index (κ1) is 23.6. The van der Waals surface area contributed by atoms with Crippen LogP contribution in [-0.2, 0) is 9.59 Å². The second-order valence-electron chi connectivity index (χ2n) is 8.38. The van der Waals surface area contributed by atoms with Crippen molar-refractivity contribution in [2.24, 2.45) is 0 Å². The summed E-state index contributed by atoms with van der Waals surface area (Å²) in [7, 11) is 0. The fraction of sp³-hybridized carbons (Fsp3) is 0.107. The van der Waals surface area contributed by atoms with Crippen LogP contribution in [0.5, 0.6) is 0 Å². The van der Waals surface area contributed by atoms with E-state index in [4.69, 9.17) is 10.2 Å². The summed E-state index contributed by atoms with van der Waals surface area (Å²) < 4.78 is 2.76. The zero-order valence-corrected chi connectivity index (χ0v) is 20.8. The molecule has 180 valence electrons. The number of carbonyl (C=O) groups is 2. The summed E-state index contributed by atoms with van der Waals surface area (Å²) in [4.78, 5) is 24.4. The Labute approximate surface area is 216 Å². The number of rotatable bonds is 7. The SMILES string of the molecule is O=C(O)CCC(=O)N1NC(c2ccc(Br)cc2)=CC1c1cn(-c2ccccc2)nc1-c1ccccc1. The summed E-state index contributed by atoms with van der Waals surface area (Å²) in [6, 6.07) is 26.9. The van der Waals surface area contributed by atoms with Crippen molar-refractivity contribution in [2.45, 2.75) is 18.9 Å². The number of aliphatic carboxylic acids is 1. The van der Waals surface area contributed by atoms with Gasteiger partial charge in [-0.25, -0.2) is 9.69 Å². The summed E-state index contributed by atoms with van der Waals surface area (Å²) in [6.07, 6.45) is 3.56. The van der Waals surface area contributed by atoms with Crippen LogP contribution in [0.3, 0.4) is 0 Å². The number of amides is 1. The van der Waals surface area contributed by atoms with Crippen molar-refractivity contribution >= 4 is 33.5 Å². The summed E-state index contributed by atoms with van der Waals surface area (Å²) >= 11 is 3.46. The zero-order chi connectivity index (χ0) is 25.1. The molecular weight excluding hydrogens is 520 g/mol. The molecule has 2 N–H and O–H groups in total. The second kappa shape index (κ2) is 10.2. The molecule has 1 aliphatic rings. The number of nitrogens with one attached hydrogen (secondary N) is 1. The van der Waals surface area contributed by atoms with E-state index in [1.807, 2.05) is 102 Å². The third-order valence-corrected chi connectivity index (χ3v) is 6.48. The fourth-order valence-electron chi connectivity index (χ4n) is 4.18. The molecule has 0 bridgehead atoms. The maximum absolute atomic E-state index is 13.2. The first-order valence-electron chi connectivity index (χ1n) is 11.5. The highest BCUT2D eigenvalue weighted by molar-refractivity contribution is 9.10. The Bertz CT molecular complexity index is 1420. The van der Waals surface area contributed by atoms with Crippen molar-refractivity contribution < 1.29 is 14.7 Å². The number of halogens is 1. The molecule has 0 saturated heterocycles. The first-order valence-corrected chi connectivity index (χ1v) is 12.3. The van der Waals surface area contributed by atoms with Crippen LogP contribution in [0.4, 0.5) is 0 Å². The highest BCUT2D eigenvalue weighted by Gasteiger charge is 2.34. The lowest BCUT2D eigenvalue weighted by molar-refractivity contribution is -0.142. The number of carboxylic acid groups (broad SMARTS) is 1. The van der Waals surface area contributed by atoms with E-state index in [-0.39, 0.29) is 18.7 Å². The minimum absolute atomic E-state index is 0.117. The monoisotopic (exact) mass is 542 g/mol. The summed E-state index contributed by atoms with van der Waals surface area (Å²) in [5, 5.41) is 15.6. The summed E-state index contributed by atoms with van der Waals surface area (Å²) in [5.74, 6) is -1.32. The van der Waals surface area contributed by atoms with Gasteiger partial charge in [-0.1, -0.05) is 76.6 Å². The molecule has 1 amide bonds. The van der Waals surface area contributed by atoms with Crippen molar-refractivity contribution in [3.8, 4) is 16.9 Å². The highest BCUT2D eigenvalue weighted by Crippen LogP contribution is 2.37. The molecule has 0 radical (unpaired) electrons. The molecule has 7 nitrogen and oxygen atoms in total. The lowest BCUT2D eigenvalue weighted by Crippen LogP contribution is -2.39. The van der Waals surface area contributed by atoms with Gasteiger partial charge in [0.1, 0.15) is 6.04 Å². The number of aromatic nitrogens is 2. The van der Waals surface area contributed by atoms with Crippen LogP contribution < -0.4 is 5.43 Å². The van der Waals surface area contributed by atoms with E-state index in [1.54, 1.807) is 0 Å². The Morgan fingerprint density at radius 1 is 0.889 bits per heavy atom. The smallest absolute Gasteiger partial charge is 0.303 e. The molecular formula is C28H23BrN4O3. The van der Waals surface area contributed by atoms with Crippen LogP contribution >= 0.6 is 15.9 Å². The number of hydrogen-bond donors (Lipinski definition) is 2. The molecule has 1 aromatic heterocycles. The Hall–Kier alpha value is -4.17. The van der Waals surface area contributed by atoms with Gasteiger partial charge in [0.05, 0.1) is 23.5 Å². The maximum Gasteiger partial charge on any atom is 0.303 e. The summed E-state index contributed by atoms with van der Waals surface area (Å²) in [5.41, 5.74) is 8.29. The molecule has 8 heteroatoms. The second-order valence-corrected chi connectivity index (χ2v) is 9.30. The van der Waals surface area contributed by atoms with Gasteiger partial charge in [0.15, 0.2) is 0 Å². The third kappa shape index (κ3) is 4.94. The lowest BCUT2D eigenvalue weighted by Gasteiger charge is -2.25. The average molecular weight is 543 g/mol. The molecule has 0 saturated carbocycles. The Morgan fingerprint density at radius 3 is 2.22 bits per heavy atom. The predicted octanol–water partition coefficient (Wildman–Crippen LogP) is 5.60. The third-order valence-electron chi connectivity index (χ3n) is 5.95. The fourth-order valence-corrected chi connectivity index (χ4v) is 4.44. The van der Waals surface area contributed by atoms with Crippen LogP contribution in [0, 0.1) is 0 Å². The predicted molar refractivity (Wildman–Crippen MR) is 141 cm³/mol. The molecule has 1 unspecified atom stereocenters. The van der Waals surface area contributed by atoms with Crippen molar-refractivity contribution in [3.63, 3.8) is 0 Å². The minimum Gasteiger partial charge on any atom is -0.481 e. The quantitative estimate of drug-likeness (QED) is 0.317. The van der Waals surface area contributed by atoms with E-state index >= 15 is 0 Å². The van der Waals surface area contributed by atoms with Gasteiger partial charge in [-0.15, -0.1) is 0 Å². The molecule has 1 atom stereocenters. The summed E-state index contributed by atoms with van der Waals surface area (Å²) in [6.45, 7) is 0. The van der Waals surface area contributed by atoms with Crippen molar-refractivity contribution in [1.29, 1.82) is 0 Å². The van der Waals surface area contributed by atoms with E-state index in [0.29, 0.717) is 0 Å². The number of hydrazine groups is 1. The minimum atomic E-state index is -1.01. The Balaban J connectivity index is 1.62. The molecule has 0 fully saturated rings. The number of para-hydroxylation sites is 1. The van der Waals surface area contributed by atoms with E-state index in [9.17, 15) is 9.59 Å². The molecule has 36 heavy (non-hydrogen) atoms. The number of benzene rings is 3. The van der Waals surface area contributed by atoms with Gasteiger partial charge in [0.2, 0.25) is 5.91 Å². The number of carboxylic acids is 1. The van der Waals surface area contributed by atoms with Gasteiger partial charge >= 0.3 is 5.97 Å². The van der Waals surface area contributed by atoms with E-state index in [0.717, 1.165) is 38.2 Å². The lowest BCUT2D eigenvalue weighted by atomic mass is 10.0. The molecule has 1 aliphatic heterocycles. The van der Waals surface area contributed by atoms with Crippen LogP contribution in [0.1, 0.15) is 30.0 Å². The highest BCUT2D eigenvalue weighted by atomic mass is 79.9. The van der Waals surface area contributed by atoms with Crippen molar-refractivity contribution in [2.75, 3.05) is 0 Å². The number of carbonyl (C=O) groups excluding carboxylic acids is 1. The molecule has 4 aromatic rings. The van der Waals surface area contributed by atoms with Crippen LogP contribution in [-0.4, -0.2) is 31.8 Å². The molecule has 0 spiro atoms. The standard InChI is InChI=1S/C28H23BrN4O3/c29-21-13-11-19(12-14-21)24-17-25(33(30-24)26(34)15-16-27(35)36)23-18-32(22-9-5-2-6-10-22)31-28(23)20-7-3-1-4-8-20/h1-14,17-18,25,30H,15-16H2,(H,35,36). The zero-order valence-electron chi connectivity index (χ0n) is 19.2. The average Bonchev–Trinajstić information content (AvgIpc) is 3.54. The normalized spacial score (nSPS) is 14.9. The Morgan fingerprint density at radius 2 is 1.56 bits per heavy atom. The van der Waals surface area contributed by atoms with Crippen molar-refractivity contribution in [3.05, 3.63) is 113 Å². The van der Waals surface area contributed by atoms with Gasteiger partial charge in [-0.3, -0.25) is 15.0 Å². The van der Waals surface area contributed by atoms with E-state index in [2.05, 4.69) is 21.4 Å². The molecule has 3 aromatic carbocycles. The molecule has 5 rings (SSSR count). The topological polar surface area (TPSA) is 87.5 Å². The number of nitrogens with zero attached hydrogens (tertiary/aromatic N) is 3. The van der Waals surface area contributed by atoms with Gasteiger partial charge in [0.25, 0.3) is 0 Å². The van der Waals surface area contributed by atoms with Gasteiger partial charge in [-0.05, 0) is 35.9 Å². The Kier molecular flexibility index (Phi) is 6.69. The van der Waals surface area contributed by atoms with Gasteiger partial charge in [-0.2, -0.15) is 5.10 Å². The first-order chi connectivity index (χ1) is 17.5.